The van der Waals surface area contributed by atoms with Gasteiger partial charge in [0.15, 0.2) is 0 Å². The van der Waals surface area contributed by atoms with Crippen molar-refractivity contribution in [1.29, 1.82) is 0 Å². The predicted molar refractivity (Wildman–Crippen MR) is 84.6 cm³/mol. The second-order valence-corrected chi connectivity index (χ2v) is 7.34. The molecule has 6 nitrogen and oxygen atoms in total. The standard InChI is InChI=1S/C16H19NO5S/c1-4-21-15(20)13-9-7-16(2,3)22-8-10(9)23-14(13)17-11(18)5-6-12(17)19/h4-8H2,1-3H3. The number of ether oxygens (including phenoxy) is 2. The first kappa shape index (κ1) is 16.1. The first-order valence-corrected chi connectivity index (χ1v) is 8.47. The van der Waals surface area contributed by atoms with Crippen LogP contribution in [0.4, 0.5) is 5.00 Å². The maximum Gasteiger partial charge on any atom is 0.341 e. The third-order valence-corrected chi connectivity index (χ3v) is 5.19. The number of hydrogen-bond acceptors (Lipinski definition) is 6. The van der Waals surface area contributed by atoms with Crippen molar-refractivity contribution in [3.63, 3.8) is 0 Å². The molecule has 1 saturated heterocycles. The number of nitrogens with zero attached hydrogens (tertiary/aromatic N) is 1. The molecule has 0 spiro atoms. The van der Waals surface area contributed by atoms with Crippen LogP contribution >= 0.6 is 11.3 Å². The van der Waals surface area contributed by atoms with Gasteiger partial charge in [-0.1, -0.05) is 0 Å². The molecule has 23 heavy (non-hydrogen) atoms. The molecule has 1 fully saturated rings. The van der Waals surface area contributed by atoms with Gasteiger partial charge in [-0.2, -0.15) is 0 Å². The molecule has 0 atom stereocenters. The van der Waals surface area contributed by atoms with E-state index in [0.29, 0.717) is 23.6 Å². The van der Waals surface area contributed by atoms with E-state index in [1.165, 1.54) is 11.3 Å². The topological polar surface area (TPSA) is 72.9 Å². The van der Waals surface area contributed by atoms with Crippen LogP contribution in [0.3, 0.4) is 0 Å². The van der Waals surface area contributed by atoms with Crippen LogP contribution in [0, 0.1) is 0 Å². The van der Waals surface area contributed by atoms with E-state index in [4.69, 9.17) is 9.47 Å². The van der Waals surface area contributed by atoms with Crippen molar-refractivity contribution < 1.29 is 23.9 Å². The zero-order valence-electron chi connectivity index (χ0n) is 13.4. The van der Waals surface area contributed by atoms with Crippen molar-refractivity contribution in [1.82, 2.24) is 0 Å². The SMILES string of the molecule is CCOC(=O)c1c(N2C(=O)CCC2=O)sc2c1CC(C)(C)OC2. The van der Waals surface area contributed by atoms with Gasteiger partial charge in [0, 0.05) is 24.1 Å². The highest BCUT2D eigenvalue weighted by Gasteiger charge is 2.40. The minimum absolute atomic E-state index is 0.186. The van der Waals surface area contributed by atoms with Crippen LogP contribution in [0.15, 0.2) is 0 Å². The molecular weight excluding hydrogens is 318 g/mol. The Morgan fingerprint density at radius 3 is 2.57 bits per heavy atom. The fourth-order valence-electron chi connectivity index (χ4n) is 2.91. The number of carbonyl (C=O) groups is 3. The van der Waals surface area contributed by atoms with E-state index in [9.17, 15) is 14.4 Å². The normalized spacial score (nSPS) is 19.9. The summed E-state index contributed by atoms with van der Waals surface area (Å²) >= 11 is 1.28. The van der Waals surface area contributed by atoms with Crippen molar-refractivity contribution in [3.8, 4) is 0 Å². The summed E-state index contributed by atoms with van der Waals surface area (Å²) in [5, 5.41) is 0.391. The van der Waals surface area contributed by atoms with Gasteiger partial charge in [0.1, 0.15) is 5.00 Å². The van der Waals surface area contributed by atoms with Crippen LogP contribution in [-0.2, 0) is 32.1 Å². The molecule has 0 aliphatic carbocycles. The molecule has 0 bridgehead atoms. The summed E-state index contributed by atoms with van der Waals surface area (Å²) < 4.78 is 11.0. The molecule has 2 amide bonds. The summed E-state index contributed by atoms with van der Waals surface area (Å²) in [5.41, 5.74) is 0.796. The highest BCUT2D eigenvalue weighted by Crippen LogP contribution is 2.43. The number of carbonyl (C=O) groups excluding carboxylic acids is 3. The van der Waals surface area contributed by atoms with E-state index in [2.05, 4.69) is 0 Å². The number of hydrogen-bond donors (Lipinski definition) is 0. The van der Waals surface area contributed by atoms with E-state index >= 15 is 0 Å². The first-order valence-electron chi connectivity index (χ1n) is 7.65. The third-order valence-electron chi connectivity index (χ3n) is 4.00. The average Bonchev–Trinajstić information content (AvgIpc) is 2.98. The van der Waals surface area contributed by atoms with Crippen molar-refractivity contribution in [3.05, 3.63) is 16.0 Å². The Morgan fingerprint density at radius 1 is 1.30 bits per heavy atom. The predicted octanol–water partition coefficient (Wildman–Crippen LogP) is 2.43. The largest absolute Gasteiger partial charge is 0.462 e. The Morgan fingerprint density at radius 2 is 1.96 bits per heavy atom. The molecule has 1 aromatic heterocycles. The number of anilines is 1. The van der Waals surface area contributed by atoms with Crippen LogP contribution in [0.5, 0.6) is 0 Å². The zero-order valence-corrected chi connectivity index (χ0v) is 14.2. The van der Waals surface area contributed by atoms with E-state index in [-0.39, 0.29) is 31.3 Å². The van der Waals surface area contributed by atoms with Crippen molar-refractivity contribution in [2.75, 3.05) is 11.5 Å². The molecule has 2 aliphatic heterocycles. The maximum absolute atomic E-state index is 12.5. The summed E-state index contributed by atoms with van der Waals surface area (Å²) in [6, 6.07) is 0. The van der Waals surface area contributed by atoms with Crippen LogP contribution in [0.25, 0.3) is 0 Å². The van der Waals surface area contributed by atoms with Crippen molar-refractivity contribution in [2.45, 2.75) is 52.2 Å². The van der Waals surface area contributed by atoms with Gasteiger partial charge < -0.3 is 9.47 Å². The lowest BCUT2D eigenvalue weighted by Crippen LogP contribution is -2.32. The smallest absolute Gasteiger partial charge is 0.341 e. The molecule has 0 radical (unpaired) electrons. The van der Waals surface area contributed by atoms with Gasteiger partial charge >= 0.3 is 5.97 Å². The Labute approximate surface area is 138 Å². The van der Waals surface area contributed by atoms with Crippen LogP contribution in [0.1, 0.15) is 54.4 Å². The minimum Gasteiger partial charge on any atom is -0.462 e. The van der Waals surface area contributed by atoms with E-state index < -0.39 is 11.6 Å². The lowest BCUT2D eigenvalue weighted by atomic mass is 9.93. The number of imide groups is 1. The summed E-state index contributed by atoms with van der Waals surface area (Å²) in [7, 11) is 0. The van der Waals surface area contributed by atoms with Gasteiger partial charge in [0.25, 0.3) is 0 Å². The molecule has 0 N–H and O–H groups in total. The molecule has 7 heteroatoms. The summed E-state index contributed by atoms with van der Waals surface area (Å²) in [5.74, 6) is -1.01. The van der Waals surface area contributed by atoms with Gasteiger partial charge in [-0.25, -0.2) is 9.69 Å². The second-order valence-electron chi connectivity index (χ2n) is 6.25. The van der Waals surface area contributed by atoms with Crippen molar-refractivity contribution in [2.24, 2.45) is 0 Å². The first-order chi connectivity index (χ1) is 10.8. The minimum atomic E-state index is -0.481. The Balaban J connectivity index is 2.13. The molecule has 0 saturated carbocycles. The Bertz CT molecular complexity index is 675. The number of thiophene rings is 1. The lowest BCUT2D eigenvalue weighted by Gasteiger charge is -2.30. The monoisotopic (exact) mass is 337 g/mol. The number of amides is 2. The summed E-state index contributed by atoms with van der Waals surface area (Å²) in [4.78, 5) is 38.7. The van der Waals surface area contributed by atoms with E-state index in [1.807, 2.05) is 13.8 Å². The fraction of sp³-hybridized carbons (Fsp3) is 0.562. The quantitative estimate of drug-likeness (QED) is 0.626. The Kier molecular flexibility index (Phi) is 4.01. The van der Waals surface area contributed by atoms with Gasteiger partial charge in [-0.15, -0.1) is 11.3 Å². The number of rotatable bonds is 3. The van der Waals surface area contributed by atoms with Gasteiger partial charge in [-0.3, -0.25) is 9.59 Å². The molecule has 3 rings (SSSR count). The van der Waals surface area contributed by atoms with E-state index in [0.717, 1.165) is 15.3 Å². The van der Waals surface area contributed by atoms with Crippen LogP contribution in [-0.4, -0.2) is 30.0 Å². The highest BCUT2D eigenvalue weighted by atomic mass is 32.1. The number of esters is 1. The molecule has 124 valence electrons. The highest BCUT2D eigenvalue weighted by molar-refractivity contribution is 7.17. The van der Waals surface area contributed by atoms with Gasteiger partial charge in [0.2, 0.25) is 11.8 Å². The Hall–Kier alpha value is -1.73. The maximum atomic E-state index is 12.5. The lowest BCUT2D eigenvalue weighted by molar-refractivity contribution is -0.121. The second kappa shape index (κ2) is 5.72. The molecule has 2 aliphatic rings. The molecule has 0 aromatic carbocycles. The third kappa shape index (κ3) is 2.79. The summed E-state index contributed by atoms with van der Waals surface area (Å²) in [6.07, 6.45) is 0.917. The fourth-order valence-corrected chi connectivity index (χ4v) is 4.17. The molecule has 0 unspecified atom stereocenters. The van der Waals surface area contributed by atoms with Crippen molar-refractivity contribution >= 4 is 34.1 Å². The molecule has 3 heterocycles. The zero-order chi connectivity index (χ0) is 16.8. The van der Waals surface area contributed by atoms with E-state index in [1.54, 1.807) is 6.92 Å². The molecule has 1 aromatic rings. The number of fused-ring (bicyclic) bond motifs is 1. The average molecular weight is 337 g/mol. The van der Waals surface area contributed by atoms with Crippen LogP contribution in [0.2, 0.25) is 0 Å². The van der Waals surface area contributed by atoms with Gasteiger partial charge in [0.05, 0.1) is 24.4 Å². The molecular formula is C16H19NO5S. The van der Waals surface area contributed by atoms with Crippen LogP contribution < -0.4 is 4.90 Å². The van der Waals surface area contributed by atoms with Gasteiger partial charge in [-0.05, 0) is 26.3 Å². The summed E-state index contributed by atoms with van der Waals surface area (Å²) in [6.45, 7) is 6.25.